The summed E-state index contributed by atoms with van der Waals surface area (Å²) >= 11 is 0. The second-order valence-corrected chi connectivity index (χ2v) is 5.24. The largest absolute Gasteiger partial charge is 0.415 e. The first-order valence-corrected chi connectivity index (χ1v) is 6.54. The van der Waals surface area contributed by atoms with Crippen molar-refractivity contribution in [2.45, 2.75) is 19.8 Å². The predicted octanol–water partition coefficient (Wildman–Crippen LogP) is 2.33. The summed E-state index contributed by atoms with van der Waals surface area (Å²) in [5.41, 5.74) is 1.10. The van der Waals surface area contributed by atoms with Gasteiger partial charge in [-0.25, -0.2) is 4.79 Å². The number of carbonyl (C=O) groups excluding carboxylic acids is 2. The molecule has 2 amide bonds. The van der Waals surface area contributed by atoms with Crippen molar-refractivity contribution in [2.75, 3.05) is 27.7 Å². The van der Waals surface area contributed by atoms with Gasteiger partial charge in [0.15, 0.2) is 0 Å². The number of hydrogen-bond acceptors (Lipinski definition) is 3. The van der Waals surface area contributed by atoms with Gasteiger partial charge in [-0.1, -0.05) is 26.0 Å². The molecule has 0 aliphatic carbocycles. The van der Waals surface area contributed by atoms with Crippen LogP contribution < -0.4 is 4.74 Å². The molecule has 0 atom stereocenters. The van der Waals surface area contributed by atoms with E-state index in [2.05, 4.69) is 13.8 Å². The van der Waals surface area contributed by atoms with Crippen molar-refractivity contribution in [3.63, 3.8) is 0 Å². The smallest absolute Gasteiger partial charge is 0.410 e. The van der Waals surface area contributed by atoms with Crippen LogP contribution in [0.4, 0.5) is 4.79 Å². The maximum Gasteiger partial charge on any atom is 0.415 e. The number of carbonyl (C=O) groups is 2. The molecule has 0 fully saturated rings. The zero-order valence-electron chi connectivity index (χ0n) is 12.7. The lowest BCUT2D eigenvalue weighted by molar-refractivity contribution is -0.129. The van der Waals surface area contributed by atoms with Gasteiger partial charge in [-0.15, -0.1) is 0 Å². The number of hydrogen-bond donors (Lipinski definition) is 0. The van der Waals surface area contributed by atoms with Crippen molar-refractivity contribution in [3.05, 3.63) is 29.8 Å². The molecule has 0 saturated heterocycles. The standard InChI is InChI=1S/C15H22N2O3/c1-11(2)12-7-6-8-13(9-12)20-15(19)17(5)10-14(18)16(3)4/h6-9,11H,10H2,1-5H3. The Morgan fingerprint density at radius 1 is 1.20 bits per heavy atom. The van der Waals surface area contributed by atoms with Crippen molar-refractivity contribution in [2.24, 2.45) is 0 Å². The second-order valence-electron chi connectivity index (χ2n) is 5.24. The van der Waals surface area contributed by atoms with Gasteiger partial charge in [-0.3, -0.25) is 4.79 Å². The van der Waals surface area contributed by atoms with Gasteiger partial charge < -0.3 is 14.5 Å². The van der Waals surface area contributed by atoms with Crippen LogP contribution in [0.25, 0.3) is 0 Å². The average Bonchev–Trinajstić information content (AvgIpc) is 2.38. The van der Waals surface area contributed by atoms with E-state index < -0.39 is 6.09 Å². The van der Waals surface area contributed by atoms with Gasteiger partial charge in [0, 0.05) is 21.1 Å². The van der Waals surface area contributed by atoms with Gasteiger partial charge in [-0.2, -0.15) is 0 Å². The van der Waals surface area contributed by atoms with Crippen LogP contribution in [0.5, 0.6) is 5.75 Å². The molecular formula is C15H22N2O3. The van der Waals surface area contributed by atoms with E-state index in [0.29, 0.717) is 11.7 Å². The van der Waals surface area contributed by atoms with Crippen LogP contribution in [-0.2, 0) is 4.79 Å². The van der Waals surface area contributed by atoms with Crippen molar-refractivity contribution in [3.8, 4) is 5.75 Å². The van der Waals surface area contributed by atoms with E-state index in [1.54, 1.807) is 20.2 Å². The number of amides is 2. The fraction of sp³-hybridized carbons (Fsp3) is 0.467. The van der Waals surface area contributed by atoms with Crippen LogP contribution >= 0.6 is 0 Å². The molecule has 0 aromatic heterocycles. The summed E-state index contributed by atoms with van der Waals surface area (Å²) in [6.45, 7) is 4.14. The molecule has 20 heavy (non-hydrogen) atoms. The van der Waals surface area contributed by atoms with Crippen LogP contribution in [0, 0.1) is 0 Å². The highest BCUT2D eigenvalue weighted by Crippen LogP contribution is 2.20. The Labute approximate surface area is 120 Å². The number of rotatable bonds is 4. The van der Waals surface area contributed by atoms with Crippen molar-refractivity contribution in [1.29, 1.82) is 0 Å². The second kappa shape index (κ2) is 6.93. The Balaban J connectivity index is 2.66. The molecule has 5 heteroatoms. The highest BCUT2D eigenvalue weighted by molar-refractivity contribution is 5.82. The van der Waals surface area contributed by atoms with Crippen LogP contribution in [-0.4, -0.2) is 49.5 Å². The van der Waals surface area contributed by atoms with E-state index in [1.165, 1.54) is 16.8 Å². The van der Waals surface area contributed by atoms with Crippen LogP contribution in [0.1, 0.15) is 25.3 Å². The quantitative estimate of drug-likeness (QED) is 0.849. The van der Waals surface area contributed by atoms with Crippen molar-refractivity contribution < 1.29 is 14.3 Å². The summed E-state index contributed by atoms with van der Waals surface area (Å²) in [5.74, 6) is 0.701. The van der Waals surface area contributed by atoms with Gasteiger partial charge >= 0.3 is 6.09 Å². The first-order chi connectivity index (χ1) is 9.31. The van der Waals surface area contributed by atoms with E-state index in [0.717, 1.165) is 5.56 Å². The molecule has 0 aliphatic rings. The van der Waals surface area contributed by atoms with E-state index in [-0.39, 0.29) is 12.5 Å². The van der Waals surface area contributed by atoms with Crippen LogP contribution in [0.15, 0.2) is 24.3 Å². The number of benzene rings is 1. The molecule has 0 saturated carbocycles. The highest BCUT2D eigenvalue weighted by Gasteiger charge is 2.16. The normalized spacial score (nSPS) is 10.3. The first-order valence-electron chi connectivity index (χ1n) is 6.54. The SMILES string of the molecule is CC(C)c1cccc(OC(=O)N(C)CC(=O)N(C)C)c1. The van der Waals surface area contributed by atoms with Crippen LogP contribution in [0.2, 0.25) is 0 Å². The summed E-state index contributed by atoms with van der Waals surface area (Å²) in [5, 5.41) is 0. The molecule has 0 unspecified atom stereocenters. The minimum absolute atomic E-state index is 0.00426. The molecule has 0 aliphatic heterocycles. The van der Waals surface area contributed by atoms with Gasteiger partial charge in [-0.05, 0) is 23.6 Å². The first kappa shape index (κ1) is 16.0. The Morgan fingerprint density at radius 2 is 1.85 bits per heavy atom. The molecule has 1 aromatic rings. The Kier molecular flexibility index (Phi) is 5.55. The van der Waals surface area contributed by atoms with E-state index in [4.69, 9.17) is 4.74 Å². The van der Waals surface area contributed by atoms with E-state index in [9.17, 15) is 9.59 Å². The summed E-state index contributed by atoms with van der Waals surface area (Å²) in [6.07, 6.45) is -0.541. The van der Waals surface area contributed by atoms with Crippen LogP contribution in [0.3, 0.4) is 0 Å². The van der Waals surface area contributed by atoms with Gasteiger partial charge in [0.1, 0.15) is 12.3 Å². The lowest BCUT2D eigenvalue weighted by atomic mass is 10.0. The third kappa shape index (κ3) is 4.57. The molecule has 0 heterocycles. The minimum Gasteiger partial charge on any atom is -0.410 e. The van der Waals surface area contributed by atoms with Gasteiger partial charge in [0.05, 0.1) is 0 Å². The molecule has 1 rings (SSSR count). The molecular weight excluding hydrogens is 256 g/mol. The fourth-order valence-electron chi connectivity index (χ4n) is 1.52. The lowest BCUT2D eigenvalue weighted by Crippen LogP contribution is -2.39. The molecule has 0 bridgehead atoms. The van der Waals surface area contributed by atoms with E-state index in [1.807, 2.05) is 18.2 Å². The van der Waals surface area contributed by atoms with Crippen molar-refractivity contribution >= 4 is 12.0 Å². The summed E-state index contributed by atoms with van der Waals surface area (Å²) in [7, 11) is 4.83. The summed E-state index contributed by atoms with van der Waals surface area (Å²) < 4.78 is 5.26. The fourth-order valence-corrected chi connectivity index (χ4v) is 1.52. The summed E-state index contributed by atoms with van der Waals surface area (Å²) in [6, 6.07) is 7.40. The third-order valence-corrected chi connectivity index (χ3v) is 2.91. The molecule has 1 aromatic carbocycles. The molecule has 0 spiro atoms. The van der Waals surface area contributed by atoms with Gasteiger partial charge in [0.25, 0.3) is 0 Å². The topological polar surface area (TPSA) is 49.9 Å². The molecule has 110 valence electrons. The number of likely N-dealkylation sites (N-methyl/N-ethyl adjacent to an activating group) is 2. The zero-order valence-corrected chi connectivity index (χ0v) is 12.7. The Morgan fingerprint density at radius 3 is 2.40 bits per heavy atom. The number of ether oxygens (including phenoxy) is 1. The Hall–Kier alpha value is -2.04. The summed E-state index contributed by atoms with van der Waals surface area (Å²) in [4.78, 5) is 26.1. The maximum atomic E-state index is 11.9. The Bertz CT molecular complexity index is 484. The molecule has 0 radical (unpaired) electrons. The average molecular weight is 278 g/mol. The van der Waals surface area contributed by atoms with E-state index >= 15 is 0 Å². The third-order valence-electron chi connectivity index (χ3n) is 2.91. The maximum absolute atomic E-state index is 11.9. The minimum atomic E-state index is -0.541. The number of nitrogens with zero attached hydrogens (tertiary/aromatic N) is 2. The monoisotopic (exact) mass is 278 g/mol. The zero-order chi connectivity index (χ0) is 15.3. The van der Waals surface area contributed by atoms with Crippen molar-refractivity contribution in [1.82, 2.24) is 9.80 Å². The lowest BCUT2D eigenvalue weighted by Gasteiger charge is -2.19. The molecule has 5 nitrogen and oxygen atoms in total. The van der Waals surface area contributed by atoms with Gasteiger partial charge in [0.2, 0.25) is 5.91 Å². The predicted molar refractivity (Wildman–Crippen MR) is 77.9 cm³/mol. The highest BCUT2D eigenvalue weighted by atomic mass is 16.6. The molecule has 0 N–H and O–H groups in total.